The summed E-state index contributed by atoms with van der Waals surface area (Å²) in [5.41, 5.74) is 0. The number of carboxylic acids is 1. The zero-order valence-electron chi connectivity index (χ0n) is 9.63. The topological polar surface area (TPSA) is 79.5 Å². The highest BCUT2D eigenvalue weighted by molar-refractivity contribution is 9.10. The lowest BCUT2D eigenvalue weighted by Gasteiger charge is -2.14. The number of hydrogen-bond donors (Lipinski definition) is 2. The molecule has 2 heterocycles. The van der Waals surface area contributed by atoms with Gasteiger partial charge < -0.3 is 14.8 Å². The summed E-state index contributed by atoms with van der Waals surface area (Å²) < 4.78 is 5.58. The van der Waals surface area contributed by atoms with Crippen molar-refractivity contribution in [2.24, 2.45) is 0 Å². The third kappa shape index (κ3) is 3.68. The first-order valence-electron chi connectivity index (χ1n) is 5.37. The van der Waals surface area contributed by atoms with E-state index in [1.54, 1.807) is 12.1 Å². The minimum absolute atomic E-state index is 0.138. The Morgan fingerprint density at radius 1 is 1.42 bits per heavy atom. The molecule has 0 saturated heterocycles. The molecule has 0 bridgehead atoms. The molecule has 0 radical (unpaired) electrons. The van der Waals surface area contributed by atoms with Crippen molar-refractivity contribution in [3.8, 4) is 0 Å². The van der Waals surface area contributed by atoms with Crippen molar-refractivity contribution >= 4 is 39.1 Å². The van der Waals surface area contributed by atoms with Gasteiger partial charge in [-0.2, -0.15) is 0 Å². The first-order chi connectivity index (χ1) is 9.06. The minimum Gasteiger partial charge on any atom is -0.481 e. The molecule has 0 spiro atoms. The van der Waals surface area contributed by atoms with Gasteiger partial charge in [-0.3, -0.25) is 9.59 Å². The number of carboxylic acid groups (broad SMARTS) is 1. The molecule has 1 atom stereocenters. The number of carbonyl (C=O) groups excluding carboxylic acids is 1. The fourth-order valence-corrected chi connectivity index (χ4v) is 2.64. The Morgan fingerprint density at radius 2 is 2.21 bits per heavy atom. The molecule has 0 fully saturated rings. The maximum Gasteiger partial charge on any atom is 0.305 e. The summed E-state index contributed by atoms with van der Waals surface area (Å²) in [6.07, 6.45) is -0.172. The molecule has 0 unspecified atom stereocenters. The number of nitrogens with one attached hydrogen (secondary N) is 1. The molecule has 2 aromatic rings. The van der Waals surface area contributed by atoms with Crippen molar-refractivity contribution in [2.45, 2.75) is 12.5 Å². The fraction of sp³-hybridized carbons (Fsp3) is 0.167. The molecule has 1 amide bonds. The molecule has 0 saturated carbocycles. The Kier molecular flexibility index (Phi) is 4.39. The monoisotopic (exact) mass is 343 g/mol. The van der Waals surface area contributed by atoms with Crippen LogP contribution < -0.4 is 5.32 Å². The number of halogens is 1. The summed E-state index contributed by atoms with van der Waals surface area (Å²) in [4.78, 5) is 23.6. The summed E-state index contributed by atoms with van der Waals surface area (Å²) in [5.74, 6) is -1.27. The van der Waals surface area contributed by atoms with Gasteiger partial charge in [0.15, 0.2) is 10.4 Å². The largest absolute Gasteiger partial charge is 0.481 e. The second kappa shape index (κ2) is 6.03. The van der Waals surface area contributed by atoms with E-state index in [2.05, 4.69) is 21.2 Å². The van der Waals surface area contributed by atoms with E-state index in [1.807, 2.05) is 11.4 Å². The van der Waals surface area contributed by atoms with Crippen molar-refractivity contribution in [1.29, 1.82) is 0 Å². The summed E-state index contributed by atoms with van der Waals surface area (Å²) >= 11 is 4.50. The number of carbonyl (C=O) groups is 2. The van der Waals surface area contributed by atoms with Crippen molar-refractivity contribution in [2.75, 3.05) is 0 Å². The van der Waals surface area contributed by atoms with Crippen LogP contribution in [0.15, 0.2) is 38.7 Å². The molecule has 5 nitrogen and oxygen atoms in total. The van der Waals surface area contributed by atoms with Gasteiger partial charge in [-0.15, -0.1) is 11.3 Å². The number of thiophene rings is 1. The van der Waals surface area contributed by atoms with E-state index in [0.717, 1.165) is 4.88 Å². The average molecular weight is 344 g/mol. The molecular weight excluding hydrogens is 334 g/mol. The third-order valence-corrected chi connectivity index (χ3v) is 3.78. The van der Waals surface area contributed by atoms with E-state index in [-0.39, 0.29) is 12.2 Å². The van der Waals surface area contributed by atoms with Crippen molar-refractivity contribution in [3.63, 3.8) is 0 Å². The van der Waals surface area contributed by atoms with Gasteiger partial charge in [-0.25, -0.2) is 0 Å². The number of hydrogen-bond acceptors (Lipinski definition) is 4. The number of rotatable bonds is 5. The summed E-state index contributed by atoms with van der Waals surface area (Å²) in [7, 11) is 0. The van der Waals surface area contributed by atoms with E-state index < -0.39 is 17.9 Å². The van der Waals surface area contributed by atoms with Gasteiger partial charge in [0.2, 0.25) is 0 Å². The van der Waals surface area contributed by atoms with Crippen LogP contribution in [0.3, 0.4) is 0 Å². The minimum atomic E-state index is -0.973. The van der Waals surface area contributed by atoms with Crippen LogP contribution in [-0.2, 0) is 4.79 Å². The summed E-state index contributed by atoms with van der Waals surface area (Å²) in [5, 5.41) is 13.4. The summed E-state index contributed by atoms with van der Waals surface area (Å²) in [6.45, 7) is 0. The zero-order chi connectivity index (χ0) is 13.8. The van der Waals surface area contributed by atoms with Crippen LogP contribution in [-0.4, -0.2) is 17.0 Å². The number of furan rings is 1. The van der Waals surface area contributed by atoms with Gasteiger partial charge in [-0.1, -0.05) is 6.07 Å². The molecule has 19 heavy (non-hydrogen) atoms. The molecule has 0 aromatic carbocycles. The lowest BCUT2D eigenvalue weighted by molar-refractivity contribution is -0.137. The zero-order valence-corrected chi connectivity index (χ0v) is 12.0. The smallest absolute Gasteiger partial charge is 0.305 e. The predicted octanol–water partition coefficient (Wildman–Crippen LogP) is 3.05. The molecule has 0 aliphatic rings. The van der Waals surface area contributed by atoms with Crippen LogP contribution in [0.25, 0.3) is 0 Å². The van der Waals surface area contributed by atoms with Crippen molar-refractivity contribution in [3.05, 3.63) is 45.0 Å². The Morgan fingerprint density at radius 3 is 2.74 bits per heavy atom. The number of amides is 1. The molecule has 2 aromatic heterocycles. The third-order valence-electron chi connectivity index (χ3n) is 2.37. The average Bonchev–Trinajstić information content (AvgIpc) is 2.97. The lowest BCUT2D eigenvalue weighted by atomic mass is 10.1. The molecule has 100 valence electrons. The van der Waals surface area contributed by atoms with Gasteiger partial charge in [0.1, 0.15) is 0 Å². The van der Waals surface area contributed by atoms with E-state index in [1.165, 1.54) is 17.4 Å². The Bertz CT molecular complexity index is 578. The predicted molar refractivity (Wildman–Crippen MR) is 73.2 cm³/mol. The van der Waals surface area contributed by atoms with Gasteiger partial charge >= 0.3 is 5.97 Å². The molecule has 2 rings (SSSR count). The normalized spacial score (nSPS) is 12.1. The van der Waals surface area contributed by atoms with Crippen LogP contribution in [0.2, 0.25) is 0 Å². The van der Waals surface area contributed by atoms with Crippen molar-refractivity contribution in [1.82, 2.24) is 5.32 Å². The van der Waals surface area contributed by atoms with Gasteiger partial charge in [0, 0.05) is 4.88 Å². The standard InChI is InChI=1S/C12H10BrNO4S/c13-10-4-3-8(18-10)12(17)14-7(6-11(15)16)9-2-1-5-19-9/h1-5,7H,6H2,(H,14,17)(H,15,16)/t7-/m0/s1. The SMILES string of the molecule is O=C(O)C[C@H](NC(=O)c1ccc(Br)o1)c1cccs1. The Balaban J connectivity index is 2.12. The maximum absolute atomic E-state index is 11.9. The van der Waals surface area contributed by atoms with E-state index in [9.17, 15) is 9.59 Å². The van der Waals surface area contributed by atoms with Crippen LogP contribution in [0.4, 0.5) is 0 Å². The van der Waals surface area contributed by atoms with Crippen LogP contribution in [0.5, 0.6) is 0 Å². The highest BCUT2D eigenvalue weighted by atomic mass is 79.9. The van der Waals surface area contributed by atoms with E-state index in [4.69, 9.17) is 9.52 Å². The first-order valence-corrected chi connectivity index (χ1v) is 7.05. The second-order valence-corrected chi connectivity index (χ2v) is 5.50. The van der Waals surface area contributed by atoms with E-state index in [0.29, 0.717) is 4.67 Å². The van der Waals surface area contributed by atoms with Gasteiger partial charge in [0.25, 0.3) is 5.91 Å². The van der Waals surface area contributed by atoms with Crippen molar-refractivity contribution < 1.29 is 19.1 Å². The molecule has 2 N–H and O–H groups in total. The second-order valence-electron chi connectivity index (χ2n) is 3.74. The summed E-state index contributed by atoms with van der Waals surface area (Å²) in [6, 6.07) is 6.16. The maximum atomic E-state index is 11.9. The first kappa shape index (κ1) is 13.8. The van der Waals surface area contributed by atoms with Gasteiger partial charge in [-0.05, 0) is 39.5 Å². The quantitative estimate of drug-likeness (QED) is 0.874. The number of aliphatic carboxylic acids is 1. The van der Waals surface area contributed by atoms with Crippen LogP contribution >= 0.6 is 27.3 Å². The van der Waals surface area contributed by atoms with E-state index >= 15 is 0 Å². The molecular formula is C12H10BrNO4S. The highest BCUT2D eigenvalue weighted by Gasteiger charge is 2.21. The molecule has 0 aliphatic heterocycles. The molecule has 7 heteroatoms. The van der Waals surface area contributed by atoms with Gasteiger partial charge in [0.05, 0.1) is 12.5 Å². The Hall–Kier alpha value is -1.60. The van der Waals surface area contributed by atoms with Crippen LogP contribution in [0, 0.1) is 0 Å². The lowest BCUT2D eigenvalue weighted by Crippen LogP contribution is -2.29. The molecule has 0 aliphatic carbocycles. The fourth-order valence-electron chi connectivity index (χ4n) is 1.55. The Labute approximate surface area is 121 Å². The highest BCUT2D eigenvalue weighted by Crippen LogP contribution is 2.23. The van der Waals surface area contributed by atoms with Crippen LogP contribution in [0.1, 0.15) is 27.9 Å².